The van der Waals surface area contributed by atoms with Gasteiger partial charge in [0.25, 0.3) is 5.91 Å². The maximum absolute atomic E-state index is 12.2. The highest BCUT2D eigenvalue weighted by molar-refractivity contribution is 5.80. The van der Waals surface area contributed by atoms with Crippen LogP contribution in [0.4, 0.5) is 0 Å². The number of ether oxygens (including phenoxy) is 1. The van der Waals surface area contributed by atoms with Crippen molar-refractivity contribution in [3.8, 4) is 11.5 Å². The lowest BCUT2D eigenvalue weighted by molar-refractivity contribution is -0.149. The van der Waals surface area contributed by atoms with Crippen molar-refractivity contribution < 1.29 is 18.7 Å². The van der Waals surface area contributed by atoms with E-state index in [-0.39, 0.29) is 11.9 Å². The van der Waals surface area contributed by atoms with Gasteiger partial charge in [0.2, 0.25) is 5.89 Å². The Bertz CT molecular complexity index is 1030. The van der Waals surface area contributed by atoms with E-state index in [2.05, 4.69) is 10.4 Å². The molecular weight excluding hydrogens is 386 g/mol. The number of benzene rings is 2. The van der Waals surface area contributed by atoms with Crippen LogP contribution in [0.1, 0.15) is 31.4 Å². The zero-order valence-corrected chi connectivity index (χ0v) is 16.6. The lowest BCUT2D eigenvalue weighted by Crippen LogP contribution is -2.33. The summed E-state index contributed by atoms with van der Waals surface area (Å²) in [5.74, 6) is -1.84. The van der Waals surface area contributed by atoms with Gasteiger partial charge in [0.15, 0.2) is 6.61 Å². The average Bonchev–Trinajstić information content (AvgIpc) is 3.13. The number of aromatic nitrogens is 2. The van der Waals surface area contributed by atoms with Gasteiger partial charge in [0.05, 0.1) is 6.04 Å². The summed E-state index contributed by atoms with van der Waals surface area (Å²) in [6, 6.07) is 18.3. The molecule has 8 nitrogen and oxygen atoms in total. The second kappa shape index (κ2) is 10.2. The van der Waals surface area contributed by atoms with E-state index in [1.807, 2.05) is 43.3 Å². The Morgan fingerprint density at radius 1 is 1.10 bits per heavy atom. The van der Waals surface area contributed by atoms with Gasteiger partial charge in [0, 0.05) is 5.56 Å². The molecular formula is C22H23N3O5. The molecule has 0 unspecified atom stereocenters. The van der Waals surface area contributed by atoms with Crippen molar-refractivity contribution in [1.82, 2.24) is 15.1 Å². The molecule has 0 saturated carbocycles. The van der Waals surface area contributed by atoms with Crippen LogP contribution in [0.15, 0.2) is 69.9 Å². The molecule has 156 valence electrons. The lowest BCUT2D eigenvalue weighted by atomic mass is 10.0. The summed E-state index contributed by atoms with van der Waals surface area (Å²) in [4.78, 5) is 36.2. The molecule has 1 atom stereocenters. The summed E-state index contributed by atoms with van der Waals surface area (Å²) in [6.07, 6.45) is 1.65. The summed E-state index contributed by atoms with van der Waals surface area (Å²) in [6.45, 7) is 1.14. The first kappa shape index (κ1) is 21.0. The number of amides is 1. The Hall–Kier alpha value is -3.68. The predicted molar refractivity (Wildman–Crippen MR) is 109 cm³/mol. The molecule has 1 N–H and O–H groups in total. The molecule has 1 heterocycles. The van der Waals surface area contributed by atoms with Gasteiger partial charge in [-0.05, 0) is 24.1 Å². The van der Waals surface area contributed by atoms with E-state index in [9.17, 15) is 14.4 Å². The fourth-order valence-electron chi connectivity index (χ4n) is 2.95. The van der Waals surface area contributed by atoms with Crippen molar-refractivity contribution in [3.05, 3.63) is 76.8 Å². The van der Waals surface area contributed by atoms with Gasteiger partial charge in [0.1, 0.15) is 6.54 Å². The molecule has 8 heteroatoms. The Morgan fingerprint density at radius 3 is 2.43 bits per heavy atom. The Kier molecular flexibility index (Phi) is 7.15. The minimum absolute atomic E-state index is 0.108. The minimum Gasteiger partial charge on any atom is -0.454 e. The summed E-state index contributed by atoms with van der Waals surface area (Å²) in [5, 5.41) is 6.87. The Morgan fingerprint density at radius 2 is 1.77 bits per heavy atom. The highest BCUT2D eigenvalue weighted by Crippen LogP contribution is 2.18. The molecule has 3 aromatic rings. The van der Waals surface area contributed by atoms with E-state index >= 15 is 0 Å². The Balaban J connectivity index is 1.53. The molecule has 3 rings (SSSR count). The first-order valence-electron chi connectivity index (χ1n) is 9.70. The topological polar surface area (TPSA) is 103 Å². The fraction of sp³-hybridized carbons (Fsp3) is 0.273. The number of nitrogens with one attached hydrogen (secondary N) is 1. The molecule has 0 fully saturated rings. The predicted octanol–water partition coefficient (Wildman–Crippen LogP) is 2.70. The van der Waals surface area contributed by atoms with Crippen LogP contribution in [0, 0.1) is 0 Å². The van der Waals surface area contributed by atoms with Crippen molar-refractivity contribution in [1.29, 1.82) is 0 Å². The number of hydrogen-bond acceptors (Lipinski definition) is 6. The second-order valence-electron chi connectivity index (χ2n) is 6.68. The van der Waals surface area contributed by atoms with E-state index in [0.29, 0.717) is 5.56 Å². The standard InChI is InChI=1S/C22H23N3O5/c1-2-9-18(16-10-5-3-6-11-16)23-19(26)15-29-20(27)14-25-22(28)30-21(24-25)17-12-7-4-8-13-17/h3-8,10-13,18H,2,9,14-15H2,1H3,(H,23,26)/t18-/m0/s1. The van der Waals surface area contributed by atoms with Crippen LogP contribution < -0.4 is 11.1 Å². The number of rotatable bonds is 9. The van der Waals surface area contributed by atoms with Crippen LogP contribution in [-0.2, 0) is 20.9 Å². The molecule has 0 aliphatic heterocycles. The molecule has 1 aromatic heterocycles. The molecule has 0 spiro atoms. The number of esters is 1. The van der Waals surface area contributed by atoms with Crippen molar-refractivity contribution in [2.75, 3.05) is 6.61 Å². The quantitative estimate of drug-likeness (QED) is 0.545. The van der Waals surface area contributed by atoms with E-state index in [4.69, 9.17) is 9.15 Å². The first-order chi connectivity index (χ1) is 14.6. The molecule has 0 saturated heterocycles. The largest absolute Gasteiger partial charge is 0.454 e. The van der Waals surface area contributed by atoms with E-state index in [1.165, 1.54) is 0 Å². The number of hydrogen-bond donors (Lipinski definition) is 1. The summed E-state index contributed by atoms with van der Waals surface area (Å²) < 4.78 is 10.9. The number of carbonyl (C=O) groups is 2. The highest BCUT2D eigenvalue weighted by Gasteiger charge is 2.17. The molecule has 0 aliphatic carbocycles. The van der Waals surface area contributed by atoms with Crippen LogP contribution in [0.3, 0.4) is 0 Å². The highest BCUT2D eigenvalue weighted by atomic mass is 16.5. The fourth-order valence-corrected chi connectivity index (χ4v) is 2.95. The van der Waals surface area contributed by atoms with Gasteiger partial charge in [-0.2, -0.15) is 4.68 Å². The zero-order chi connectivity index (χ0) is 21.3. The molecule has 2 aromatic carbocycles. The molecule has 0 radical (unpaired) electrons. The van der Waals surface area contributed by atoms with Crippen molar-refractivity contribution in [3.63, 3.8) is 0 Å². The third-order valence-corrected chi connectivity index (χ3v) is 4.38. The SMILES string of the molecule is CCC[C@H](NC(=O)COC(=O)Cn1nc(-c2ccccc2)oc1=O)c1ccccc1. The number of carbonyl (C=O) groups excluding carboxylic acids is 2. The molecule has 0 bridgehead atoms. The van der Waals surface area contributed by atoms with Crippen molar-refractivity contribution in [2.24, 2.45) is 0 Å². The van der Waals surface area contributed by atoms with Gasteiger partial charge in [-0.3, -0.25) is 9.59 Å². The van der Waals surface area contributed by atoms with Gasteiger partial charge in [-0.15, -0.1) is 5.10 Å². The Labute approximate surface area is 173 Å². The van der Waals surface area contributed by atoms with Gasteiger partial charge in [-0.1, -0.05) is 61.9 Å². The van der Waals surface area contributed by atoms with Crippen LogP contribution in [0.5, 0.6) is 0 Å². The third-order valence-electron chi connectivity index (χ3n) is 4.38. The first-order valence-corrected chi connectivity index (χ1v) is 9.70. The second-order valence-corrected chi connectivity index (χ2v) is 6.68. The van der Waals surface area contributed by atoms with E-state index in [0.717, 1.165) is 23.1 Å². The molecule has 1 amide bonds. The molecule has 0 aliphatic rings. The summed E-state index contributed by atoms with van der Waals surface area (Å²) in [5.41, 5.74) is 1.60. The summed E-state index contributed by atoms with van der Waals surface area (Å²) >= 11 is 0. The third kappa shape index (κ3) is 5.66. The number of nitrogens with zero attached hydrogens (tertiary/aromatic N) is 2. The van der Waals surface area contributed by atoms with Crippen molar-refractivity contribution in [2.45, 2.75) is 32.4 Å². The maximum atomic E-state index is 12.2. The van der Waals surface area contributed by atoms with E-state index in [1.54, 1.807) is 24.3 Å². The van der Waals surface area contributed by atoms with Crippen LogP contribution in [0.25, 0.3) is 11.5 Å². The maximum Gasteiger partial charge on any atom is 0.437 e. The van der Waals surface area contributed by atoms with Crippen LogP contribution >= 0.6 is 0 Å². The lowest BCUT2D eigenvalue weighted by Gasteiger charge is -2.18. The molecule has 30 heavy (non-hydrogen) atoms. The zero-order valence-electron chi connectivity index (χ0n) is 16.6. The van der Waals surface area contributed by atoms with Gasteiger partial charge in [-0.25, -0.2) is 4.79 Å². The van der Waals surface area contributed by atoms with Crippen LogP contribution in [0.2, 0.25) is 0 Å². The summed E-state index contributed by atoms with van der Waals surface area (Å²) in [7, 11) is 0. The van der Waals surface area contributed by atoms with Crippen molar-refractivity contribution >= 4 is 11.9 Å². The van der Waals surface area contributed by atoms with Gasteiger partial charge < -0.3 is 14.5 Å². The van der Waals surface area contributed by atoms with E-state index < -0.39 is 30.8 Å². The smallest absolute Gasteiger partial charge is 0.437 e. The normalized spacial score (nSPS) is 11.6. The van der Waals surface area contributed by atoms with Crippen LogP contribution in [-0.4, -0.2) is 28.3 Å². The minimum atomic E-state index is -0.776. The van der Waals surface area contributed by atoms with Gasteiger partial charge >= 0.3 is 11.7 Å². The average molecular weight is 409 g/mol. The monoisotopic (exact) mass is 409 g/mol.